The zero-order valence-corrected chi connectivity index (χ0v) is 34.0. The Morgan fingerprint density at radius 1 is 0.258 bits per heavy atom. The summed E-state index contributed by atoms with van der Waals surface area (Å²) in [6, 6.07) is 88.4. The molecule has 0 unspecified atom stereocenters. The molecule has 0 atom stereocenters. The summed E-state index contributed by atoms with van der Waals surface area (Å²) in [6.07, 6.45) is 0. The van der Waals surface area contributed by atoms with Gasteiger partial charge in [-0.15, -0.1) is 0 Å². The lowest BCUT2D eigenvalue weighted by molar-refractivity contribution is 1.19. The van der Waals surface area contributed by atoms with Gasteiger partial charge in [0, 0.05) is 32.9 Å². The van der Waals surface area contributed by atoms with Gasteiger partial charge in [-0.25, -0.2) is 0 Å². The van der Waals surface area contributed by atoms with Crippen LogP contribution in [-0.4, -0.2) is 4.57 Å². The number of fused-ring (bicyclic) bond motifs is 6. The van der Waals surface area contributed by atoms with Crippen LogP contribution in [0.3, 0.4) is 0 Å². The van der Waals surface area contributed by atoms with Crippen molar-refractivity contribution in [3.63, 3.8) is 0 Å². The smallest absolute Gasteiger partial charge is 0.0542 e. The monoisotopic (exact) mass is 788 g/mol. The molecule has 0 spiro atoms. The van der Waals surface area contributed by atoms with E-state index < -0.39 is 0 Å². The molecule has 12 aromatic rings. The van der Waals surface area contributed by atoms with Crippen LogP contribution in [-0.2, 0) is 0 Å². The molecule has 0 fully saturated rings. The molecule has 11 aromatic carbocycles. The predicted octanol–water partition coefficient (Wildman–Crippen LogP) is 16.7. The fraction of sp³-hybridized carbons (Fsp3) is 0. The number of hydrogen-bond acceptors (Lipinski definition) is 1. The summed E-state index contributed by atoms with van der Waals surface area (Å²) in [5.41, 5.74) is 14.2. The van der Waals surface area contributed by atoms with E-state index in [1.807, 2.05) is 0 Å². The van der Waals surface area contributed by atoms with Crippen LogP contribution >= 0.6 is 0 Å². The Morgan fingerprint density at radius 2 is 0.694 bits per heavy atom. The van der Waals surface area contributed by atoms with Crippen molar-refractivity contribution in [2.45, 2.75) is 0 Å². The largest absolute Gasteiger partial charge is 0.310 e. The predicted molar refractivity (Wildman–Crippen MR) is 264 cm³/mol. The Hall–Kier alpha value is -8.20. The van der Waals surface area contributed by atoms with E-state index in [1.165, 1.54) is 93.2 Å². The minimum absolute atomic E-state index is 1.10. The first kappa shape index (κ1) is 35.7. The first-order valence-corrected chi connectivity index (χ1v) is 21.4. The average molecular weight is 789 g/mol. The average Bonchev–Trinajstić information content (AvgIpc) is 3.68. The summed E-state index contributed by atoms with van der Waals surface area (Å²) in [5, 5.41) is 9.92. The van der Waals surface area contributed by atoms with Crippen molar-refractivity contribution >= 4 is 71.2 Å². The SMILES string of the molecule is c1ccc(-c2c3ccccc3c(-c3ccccc3)c3cc(-c4ccc(N(c5ccccc5)c5ccc(-n6c7ccccc7c7ccccc76)c6ccccc56)cc4)ccc23)cc1. The van der Waals surface area contributed by atoms with Crippen molar-refractivity contribution in [1.82, 2.24) is 4.57 Å². The molecule has 62 heavy (non-hydrogen) atoms. The molecule has 0 aliphatic carbocycles. The maximum atomic E-state index is 2.43. The van der Waals surface area contributed by atoms with E-state index in [2.05, 4.69) is 252 Å². The fourth-order valence-corrected chi connectivity index (χ4v) is 9.84. The third-order valence-electron chi connectivity index (χ3n) is 12.6. The quantitative estimate of drug-likeness (QED) is 0.146. The third-order valence-corrected chi connectivity index (χ3v) is 12.6. The molecule has 2 nitrogen and oxygen atoms in total. The van der Waals surface area contributed by atoms with E-state index in [4.69, 9.17) is 0 Å². The van der Waals surface area contributed by atoms with E-state index in [1.54, 1.807) is 0 Å². The van der Waals surface area contributed by atoms with Crippen LogP contribution < -0.4 is 4.90 Å². The van der Waals surface area contributed by atoms with Gasteiger partial charge in [-0.3, -0.25) is 0 Å². The van der Waals surface area contributed by atoms with Gasteiger partial charge < -0.3 is 9.47 Å². The van der Waals surface area contributed by atoms with Crippen LogP contribution in [0.15, 0.2) is 243 Å². The number of benzene rings is 11. The summed E-state index contributed by atoms with van der Waals surface area (Å²) in [5.74, 6) is 0. The van der Waals surface area contributed by atoms with Crippen LogP contribution in [0.2, 0.25) is 0 Å². The van der Waals surface area contributed by atoms with Crippen molar-refractivity contribution < 1.29 is 0 Å². The highest BCUT2D eigenvalue weighted by atomic mass is 15.1. The molecule has 0 bridgehead atoms. The van der Waals surface area contributed by atoms with Crippen molar-refractivity contribution in [3.8, 4) is 39.1 Å². The first-order valence-electron chi connectivity index (χ1n) is 21.4. The van der Waals surface area contributed by atoms with Crippen molar-refractivity contribution in [3.05, 3.63) is 243 Å². The first-order chi connectivity index (χ1) is 30.8. The van der Waals surface area contributed by atoms with Crippen LogP contribution in [0.1, 0.15) is 0 Å². The van der Waals surface area contributed by atoms with Gasteiger partial charge in [0.05, 0.1) is 22.4 Å². The van der Waals surface area contributed by atoms with E-state index in [0.29, 0.717) is 0 Å². The summed E-state index contributed by atoms with van der Waals surface area (Å²) in [4.78, 5) is 2.40. The van der Waals surface area contributed by atoms with Gasteiger partial charge >= 0.3 is 0 Å². The third kappa shape index (κ3) is 5.80. The van der Waals surface area contributed by atoms with Crippen LogP contribution in [0.4, 0.5) is 17.1 Å². The number of anilines is 3. The Morgan fingerprint density at radius 3 is 1.29 bits per heavy atom. The molecule has 1 heterocycles. The van der Waals surface area contributed by atoms with Gasteiger partial charge in [0.15, 0.2) is 0 Å². The number of para-hydroxylation sites is 3. The molecule has 0 saturated heterocycles. The zero-order valence-electron chi connectivity index (χ0n) is 34.0. The fourth-order valence-electron chi connectivity index (χ4n) is 9.84. The van der Waals surface area contributed by atoms with Crippen molar-refractivity contribution in [1.29, 1.82) is 0 Å². The Kier molecular flexibility index (Phi) is 8.53. The Labute approximate surface area is 360 Å². The molecule has 0 aliphatic rings. The maximum absolute atomic E-state index is 2.43. The van der Waals surface area contributed by atoms with Gasteiger partial charge in [0.1, 0.15) is 0 Å². The molecule has 1 aromatic heterocycles. The number of hydrogen-bond donors (Lipinski definition) is 0. The lowest BCUT2D eigenvalue weighted by Gasteiger charge is -2.28. The second-order valence-corrected chi connectivity index (χ2v) is 16.0. The summed E-state index contributed by atoms with van der Waals surface area (Å²) < 4.78 is 2.43. The van der Waals surface area contributed by atoms with Gasteiger partial charge in [-0.2, -0.15) is 0 Å². The number of aromatic nitrogens is 1. The van der Waals surface area contributed by atoms with E-state index >= 15 is 0 Å². The van der Waals surface area contributed by atoms with Crippen molar-refractivity contribution in [2.75, 3.05) is 4.90 Å². The molecule has 0 radical (unpaired) electrons. The van der Waals surface area contributed by atoms with E-state index in [0.717, 1.165) is 17.1 Å². The number of nitrogens with zero attached hydrogens (tertiary/aromatic N) is 2. The zero-order chi connectivity index (χ0) is 41.0. The Balaban J connectivity index is 1.02. The van der Waals surface area contributed by atoms with E-state index in [9.17, 15) is 0 Å². The molecular weight excluding hydrogens is 749 g/mol. The van der Waals surface area contributed by atoms with Gasteiger partial charge in [0.25, 0.3) is 0 Å². The van der Waals surface area contributed by atoms with Gasteiger partial charge in [-0.05, 0) is 110 Å². The number of rotatable bonds is 7. The molecule has 290 valence electrons. The second-order valence-electron chi connectivity index (χ2n) is 16.0. The molecule has 0 amide bonds. The molecule has 0 N–H and O–H groups in total. The normalized spacial score (nSPS) is 11.5. The van der Waals surface area contributed by atoms with Crippen molar-refractivity contribution in [2.24, 2.45) is 0 Å². The highest BCUT2D eigenvalue weighted by Crippen LogP contribution is 2.46. The molecule has 0 aliphatic heterocycles. The topological polar surface area (TPSA) is 8.17 Å². The molecule has 12 rings (SSSR count). The Bertz CT molecular complexity index is 3550. The minimum Gasteiger partial charge on any atom is -0.310 e. The lowest BCUT2D eigenvalue weighted by atomic mass is 9.85. The lowest BCUT2D eigenvalue weighted by Crippen LogP contribution is -2.11. The molecule has 2 heteroatoms. The summed E-state index contributed by atoms with van der Waals surface area (Å²) in [7, 11) is 0. The summed E-state index contributed by atoms with van der Waals surface area (Å²) in [6.45, 7) is 0. The standard InChI is InChI=1S/C60H40N2/c1-4-18-42(19-5-1)59-51-28-12-13-29-52(51)60(43-20-6-2-7-21-43)54-40-44(34-37-53(54)59)41-32-35-46(36-33-41)61(45-22-8-3-9-23-45)57-38-39-58(50-25-11-10-24-49(50)57)62-55-30-16-14-26-47(55)48-27-15-17-31-56(48)62/h1-40H. The van der Waals surface area contributed by atoms with Crippen LogP contribution in [0.5, 0.6) is 0 Å². The molecular formula is C60H40N2. The van der Waals surface area contributed by atoms with Crippen LogP contribution in [0.25, 0.3) is 93.2 Å². The maximum Gasteiger partial charge on any atom is 0.0542 e. The van der Waals surface area contributed by atoms with E-state index in [-0.39, 0.29) is 0 Å². The highest BCUT2D eigenvalue weighted by Gasteiger charge is 2.21. The van der Waals surface area contributed by atoms with Crippen LogP contribution in [0, 0.1) is 0 Å². The second kappa shape index (κ2) is 14.8. The summed E-state index contributed by atoms with van der Waals surface area (Å²) >= 11 is 0. The highest BCUT2D eigenvalue weighted by molar-refractivity contribution is 6.22. The molecule has 0 saturated carbocycles. The minimum atomic E-state index is 1.10. The van der Waals surface area contributed by atoms with Gasteiger partial charge in [-0.1, -0.05) is 188 Å². The van der Waals surface area contributed by atoms with Gasteiger partial charge in [0.2, 0.25) is 0 Å².